The van der Waals surface area contributed by atoms with E-state index in [-0.39, 0.29) is 37.6 Å². The minimum atomic E-state index is -1.53. The van der Waals surface area contributed by atoms with E-state index in [0.717, 1.165) is 44.7 Å². The number of urea groups is 1. The summed E-state index contributed by atoms with van der Waals surface area (Å²) in [6, 6.07) is 8.23. The van der Waals surface area contributed by atoms with Crippen molar-refractivity contribution in [3.63, 3.8) is 0 Å². The number of benzene rings is 1. The first-order valence-corrected chi connectivity index (χ1v) is 24.5. The van der Waals surface area contributed by atoms with E-state index in [4.69, 9.17) is 19.4 Å². The van der Waals surface area contributed by atoms with Crippen molar-refractivity contribution in [1.82, 2.24) is 44.6 Å². The van der Waals surface area contributed by atoms with Gasteiger partial charge in [0, 0.05) is 13.3 Å². The first-order chi connectivity index (χ1) is 32.5. The number of fused-ring (bicyclic) bond motifs is 6. The molecule has 358 valence electrons. The number of pyridine rings is 1. The summed E-state index contributed by atoms with van der Waals surface area (Å²) in [6.45, 7) is 17.4. The maximum atomic E-state index is 15.2. The fraction of sp³-hybridized carbons (Fsp3) is 0.520. The topological polar surface area (TPSA) is 163 Å². The molecular formula is C50H62BN9O7S. The van der Waals surface area contributed by atoms with Gasteiger partial charge in [-0.1, -0.05) is 0 Å². The summed E-state index contributed by atoms with van der Waals surface area (Å²) in [7, 11) is 3.27. The van der Waals surface area contributed by atoms with Gasteiger partial charge in [0.15, 0.2) is 0 Å². The van der Waals surface area contributed by atoms with Crippen LogP contribution < -0.4 is 5.43 Å². The van der Waals surface area contributed by atoms with Gasteiger partial charge in [-0.2, -0.15) is 0 Å². The van der Waals surface area contributed by atoms with Crippen molar-refractivity contribution in [2.24, 2.45) is 11.3 Å². The predicted octanol–water partition coefficient (Wildman–Crippen LogP) is 5.31. The molecule has 4 atom stereocenters. The maximum absolute atomic E-state index is 15.2. The van der Waals surface area contributed by atoms with Crippen molar-refractivity contribution >= 4 is 65.0 Å². The number of carbonyl (C=O) groups is 5. The van der Waals surface area contributed by atoms with Gasteiger partial charge in [-0.15, -0.1) is 0 Å². The molecule has 4 aliphatic heterocycles. The Bertz CT molecular complexity index is 2720. The summed E-state index contributed by atoms with van der Waals surface area (Å²) in [6.07, 6.45) is 5.29. The average molecular weight is 944 g/mol. The number of nitrogens with one attached hydrogen (secondary N) is 1. The van der Waals surface area contributed by atoms with Crippen LogP contribution >= 0.6 is 11.3 Å². The number of hydrazine groups is 1. The number of cyclic esters (lactones) is 1. The van der Waals surface area contributed by atoms with Crippen molar-refractivity contribution < 1.29 is 33.4 Å². The van der Waals surface area contributed by atoms with E-state index in [2.05, 4.69) is 66.9 Å². The first kappa shape index (κ1) is 48.6. The first-order valence-electron chi connectivity index (χ1n) is 23.6. The van der Waals surface area contributed by atoms with Crippen LogP contribution in [0.25, 0.3) is 33.4 Å². The zero-order valence-corrected chi connectivity index (χ0v) is 41.4. The average Bonchev–Trinajstić information content (AvgIpc) is 3.92. The number of amides is 5. The number of methoxy groups -OCH3 is 1. The predicted molar refractivity (Wildman–Crippen MR) is 262 cm³/mol. The Labute approximate surface area is 403 Å². The molecule has 16 nitrogen and oxygen atoms in total. The molecular weight excluding hydrogens is 881 g/mol. The standard InChI is InChI=1S/C50H62BN9O7S/c1-10-15-41(61)56-21-14-22-57(30-56)48(65)55(8)43(31(3)4)45(62)59-29-51-50(59)26-40-53-38(27-68-40)33-18-19-39-35(24-33)36(44(58(39)11-2)34-16-12-20-52-42(34)32(5)66-9)25-49(6,7)28-67-46(63)37-17-13-23-60(54-37)47(50)64/h12,16,18-20,24,27,29,31-32,37,43,54H,11,13-14,17,21-23,25-26,28,30H2,1-9H3/t32-,37-,43-,50-/m0/s1. The molecule has 0 aliphatic carbocycles. The molecule has 18 heteroatoms. The number of thiazole rings is 1. The molecule has 68 heavy (non-hydrogen) atoms. The van der Waals surface area contributed by atoms with Crippen molar-refractivity contribution in [3.05, 3.63) is 58.2 Å². The van der Waals surface area contributed by atoms with Gasteiger partial charge in [0.2, 0.25) is 0 Å². The number of likely N-dealkylation sites (N-methyl/N-ethyl adjacent to an activating group) is 1. The number of rotatable bonds is 7. The normalized spacial score (nSPS) is 21.4. The third-order valence-corrected chi connectivity index (χ3v) is 14.5. The fourth-order valence-electron chi connectivity index (χ4n) is 10.1. The number of aryl methyl sites for hydroxylation is 1. The molecule has 1 N–H and O–H groups in total. The summed E-state index contributed by atoms with van der Waals surface area (Å²) in [5.41, 5.74) is 7.74. The fourth-order valence-corrected chi connectivity index (χ4v) is 11.0. The second-order valence-electron chi connectivity index (χ2n) is 19.4. The molecule has 1 aromatic carbocycles. The van der Waals surface area contributed by atoms with E-state index in [9.17, 15) is 14.4 Å². The van der Waals surface area contributed by atoms with Crippen molar-refractivity contribution in [3.8, 4) is 34.4 Å². The Morgan fingerprint density at radius 3 is 2.57 bits per heavy atom. The van der Waals surface area contributed by atoms with Gasteiger partial charge in [0.05, 0.1) is 6.10 Å². The summed E-state index contributed by atoms with van der Waals surface area (Å²) < 4.78 is 14.3. The summed E-state index contributed by atoms with van der Waals surface area (Å²) >= 11 is 1.41. The van der Waals surface area contributed by atoms with Crippen LogP contribution in [-0.4, -0.2) is 146 Å². The van der Waals surface area contributed by atoms with Crippen LogP contribution in [0, 0.1) is 23.2 Å². The number of hydrogen-bond donors (Lipinski definition) is 1. The van der Waals surface area contributed by atoms with Crippen LogP contribution in [0.15, 0.2) is 41.9 Å². The Kier molecular flexibility index (Phi) is 14.0. The van der Waals surface area contributed by atoms with Crippen LogP contribution in [0.2, 0.25) is 0 Å². The van der Waals surface area contributed by atoms with Gasteiger partial charge in [0.25, 0.3) is 0 Å². The van der Waals surface area contributed by atoms with Gasteiger partial charge in [-0.25, -0.2) is 0 Å². The van der Waals surface area contributed by atoms with Gasteiger partial charge in [-0.3, -0.25) is 4.98 Å². The molecule has 7 heterocycles. The molecule has 5 amide bonds. The summed E-state index contributed by atoms with van der Waals surface area (Å²) in [5, 5.41) is 5.11. The number of hydrogen-bond acceptors (Lipinski definition) is 11. The molecule has 2 fully saturated rings. The zero-order valence-electron chi connectivity index (χ0n) is 40.6. The SMILES string of the molecule is CC#CC(=O)N1CCCN(C(=O)N(C)[C@H](C(=O)N2C=B[C@@]23Cc2nc(cs2)-c2ccc4c(c2)c(c(-c2cccnc2[C@H](C)OC)n4CC)CC(C)(C)COC(=O)[C@@H]2CCCN(N2)C3=O)C(C)C)C1. The second kappa shape index (κ2) is 19.6. The number of aromatic nitrogens is 3. The van der Waals surface area contributed by atoms with E-state index < -0.39 is 46.8 Å². The van der Waals surface area contributed by atoms with E-state index in [1.807, 2.05) is 32.2 Å². The van der Waals surface area contributed by atoms with Crippen molar-refractivity contribution in [1.29, 1.82) is 0 Å². The number of carbonyl (C=O) groups excluding carboxylic acids is 5. The van der Waals surface area contributed by atoms with Crippen LogP contribution in [-0.2, 0) is 48.0 Å². The minimum absolute atomic E-state index is 0.0504. The summed E-state index contributed by atoms with van der Waals surface area (Å²) in [5.74, 6) is 3.16. The second-order valence-corrected chi connectivity index (χ2v) is 20.3. The van der Waals surface area contributed by atoms with Crippen molar-refractivity contribution in [2.45, 2.75) is 111 Å². The molecule has 1 spiro atoms. The van der Waals surface area contributed by atoms with E-state index in [1.165, 1.54) is 31.0 Å². The summed E-state index contributed by atoms with van der Waals surface area (Å²) in [4.78, 5) is 87.1. The Morgan fingerprint density at radius 1 is 1.09 bits per heavy atom. The Balaban J connectivity index is 1.19. The number of esters is 1. The molecule has 2 saturated heterocycles. The van der Waals surface area contributed by atoms with Crippen LogP contribution in [0.3, 0.4) is 0 Å². The molecule has 3 aromatic heterocycles. The molecule has 4 aliphatic rings. The molecule has 8 rings (SSSR count). The molecule has 0 saturated carbocycles. The van der Waals surface area contributed by atoms with Gasteiger partial charge < -0.3 is 4.74 Å². The molecule has 0 unspecified atom stereocenters. The number of nitrogens with zero attached hydrogens (tertiary/aromatic N) is 8. The molecule has 4 aromatic rings. The van der Waals surface area contributed by atoms with Crippen LogP contribution in [0.1, 0.15) is 90.1 Å². The van der Waals surface area contributed by atoms with Crippen molar-refractivity contribution in [2.75, 3.05) is 47.1 Å². The molecule has 0 radical (unpaired) electrons. The zero-order chi connectivity index (χ0) is 48.7. The van der Waals surface area contributed by atoms with Crippen LogP contribution in [0.4, 0.5) is 4.79 Å². The van der Waals surface area contributed by atoms with E-state index in [1.54, 1.807) is 45.2 Å². The monoisotopic (exact) mass is 943 g/mol. The molecule has 6 bridgehead atoms. The van der Waals surface area contributed by atoms with Crippen LogP contribution in [0.5, 0.6) is 0 Å². The van der Waals surface area contributed by atoms with E-state index >= 15 is 9.59 Å². The Morgan fingerprint density at radius 2 is 1.87 bits per heavy atom. The van der Waals surface area contributed by atoms with Gasteiger partial charge in [-0.05, 0) is 19.9 Å². The number of ether oxygens (including phenoxy) is 2. The van der Waals surface area contributed by atoms with Gasteiger partial charge in [0.1, 0.15) is 0 Å². The Hall–Kier alpha value is -5.90. The van der Waals surface area contributed by atoms with Gasteiger partial charge >= 0.3 is 356 Å². The van der Waals surface area contributed by atoms with E-state index in [0.29, 0.717) is 56.9 Å². The third-order valence-electron chi connectivity index (χ3n) is 13.7. The third kappa shape index (κ3) is 9.08. The quantitative estimate of drug-likeness (QED) is 0.146.